The van der Waals surface area contributed by atoms with Gasteiger partial charge in [-0.3, -0.25) is 9.59 Å². The average molecular weight is 326 g/mol. The van der Waals surface area contributed by atoms with Gasteiger partial charge in [-0.15, -0.1) is 6.58 Å². The van der Waals surface area contributed by atoms with Crippen LogP contribution in [0.1, 0.15) is 39.5 Å². The van der Waals surface area contributed by atoms with Crippen molar-refractivity contribution >= 4 is 11.8 Å². The molecule has 1 heterocycles. The Morgan fingerprint density at radius 2 is 2.09 bits per heavy atom. The Kier molecular flexibility index (Phi) is 8.26. The zero-order valence-corrected chi connectivity index (χ0v) is 14.2. The lowest BCUT2D eigenvalue weighted by atomic mass is 9.97. The molecule has 2 amide bonds. The van der Waals surface area contributed by atoms with Crippen LogP contribution < -0.4 is 5.32 Å². The van der Waals surface area contributed by atoms with Crippen LogP contribution in [0.25, 0.3) is 0 Å². The van der Waals surface area contributed by atoms with E-state index >= 15 is 0 Å². The zero-order chi connectivity index (χ0) is 17.4. The molecule has 3 unspecified atom stereocenters. The number of rotatable bonds is 9. The monoisotopic (exact) mass is 326 g/mol. The summed E-state index contributed by atoms with van der Waals surface area (Å²) in [6.07, 6.45) is 3.83. The number of hydrogen-bond donors (Lipinski definition) is 3. The summed E-state index contributed by atoms with van der Waals surface area (Å²) in [6.45, 7) is 7.97. The van der Waals surface area contributed by atoms with Gasteiger partial charge in [0.25, 0.3) is 0 Å². The van der Waals surface area contributed by atoms with Crippen LogP contribution in [0.4, 0.5) is 0 Å². The molecular formula is C17H30N2O4. The minimum Gasteiger partial charge on any atom is -0.394 e. The van der Waals surface area contributed by atoms with Gasteiger partial charge in [0.1, 0.15) is 0 Å². The molecule has 6 nitrogen and oxygen atoms in total. The van der Waals surface area contributed by atoms with E-state index in [0.29, 0.717) is 13.0 Å². The quantitative estimate of drug-likeness (QED) is 0.544. The van der Waals surface area contributed by atoms with Crippen LogP contribution >= 0.6 is 0 Å². The standard InChI is InChI=1S/C17H30N2O4/c1-4-6-13(17(23)18-15(11-21)12(2)3)9-16(22)19-8-5-7-14(19)10-20/h4,12-15,20-21H,1,5-11H2,2-3H3,(H,18,23). The van der Waals surface area contributed by atoms with Crippen molar-refractivity contribution in [3.63, 3.8) is 0 Å². The molecule has 1 rings (SSSR count). The highest BCUT2D eigenvalue weighted by Crippen LogP contribution is 2.21. The second-order valence-electron chi connectivity index (χ2n) is 6.53. The molecule has 0 aromatic rings. The van der Waals surface area contributed by atoms with Crippen LogP contribution in [0, 0.1) is 11.8 Å². The molecule has 3 atom stereocenters. The van der Waals surface area contributed by atoms with Crippen molar-refractivity contribution in [2.24, 2.45) is 11.8 Å². The molecule has 1 saturated heterocycles. The SMILES string of the molecule is C=CCC(CC(=O)N1CCCC1CO)C(=O)NC(CO)C(C)C. The molecule has 0 spiro atoms. The summed E-state index contributed by atoms with van der Waals surface area (Å²) in [6, 6.07) is -0.447. The first-order chi connectivity index (χ1) is 10.9. The van der Waals surface area contributed by atoms with E-state index in [1.807, 2.05) is 13.8 Å². The summed E-state index contributed by atoms with van der Waals surface area (Å²) in [7, 11) is 0. The maximum absolute atomic E-state index is 12.4. The van der Waals surface area contributed by atoms with E-state index in [0.717, 1.165) is 12.8 Å². The Morgan fingerprint density at radius 1 is 1.39 bits per heavy atom. The Bertz CT molecular complexity index is 411. The molecule has 132 valence electrons. The van der Waals surface area contributed by atoms with Gasteiger partial charge in [-0.25, -0.2) is 0 Å². The van der Waals surface area contributed by atoms with Crippen molar-refractivity contribution < 1.29 is 19.8 Å². The minimum atomic E-state index is -0.493. The molecule has 1 fully saturated rings. The van der Waals surface area contributed by atoms with Gasteiger partial charge in [-0.2, -0.15) is 0 Å². The number of amides is 2. The zero-order valence-electron chi connectivity index (χ0n) is 14.2. The van der Waals surface area contributed by atoms with Crippen molar-refractivity contribution in [3.05, 3.63) is 12.7 Å². The fourth-order valence-electron chi connectivity index (χ4n) is 2.89. The molecule has 0 radical (unpaired) electrons. The van der Waals surface area contributed by atoms with E-state index in [4.69, 9.17) is 0 Å². The van der Waals surface area contributed by atoms with Gasteiger partial charge in [0.15, 0.2) is 0 Å². The summed E-state index contributed by atoms with van der Waals surface area (Å²) >= 11 is 0. The molecule has 23 heavy (non-hydrogen) atoms. The lowest BCUT2D eigenvalue weighted by Gasteiger charge is -2.26. The maximum atomic E-state index is 12.4. The van der Waals surface area contributed by atoms with Crippen molar-refractivity contribution in [1.29, 1.82) is 0 Å². The molecule has 1 aliphatic rings. The van der Waals surface area contributed by atoms with E-state index in [1.165, 1.54) is 0 Å². The number of carbonyl (C=O) groups excluding carboxylic acids is 2. The van der Waals surface area contributed by atoms with E-state index in [2.05, 4.69) is 11.9 Å². The van der Waals surface area contributed by atoms with Crippen LogP contribution in [-0.2, 0) is 9.59 Å². The van der Waals surface area contributed by atoms with E-state index in [9.17, 15) is 19.8 Å². The average Bonchev–Trinajstić information content (AvgIpc) is 3.00. The lowest BCUT2D eigenvalue weighted by Crippen LogP contribution is -2.45. The summed E-state index contributed by atoms with van der Waals surface area (Å²) < 4.78 is 0. The minimum absolute atomic E-state index is 0.0377. The van der Waals surface area contributed by atoms with Crippen LogP contribution in [0.5, 0.6) is 0 Å². The largest absolute Gasteiger partial charge is 0.394 e. The first-order valence-corrected chi connectivity index (χ1v) is 8.37. The molecule has 0 aromatic carbocycles. The molecule has 0 bridgehead atoms. The van der Waals surface area contributed by atoms with E-state index in [1.54, 1.807) is 11.0 Å². The summed E-state index contributed by atoms with van der Waals surface area (Å²) in [5.41, 5.74) is 0. The highest BCUT2D eigenvalue weighted by atomic mass is 16.3. The molecular weight excluding hydrogens is 296 g/mol. The van der Waals surface area contributed by atoms with Crippen molar-refractivity contribution in [1.82, 2.24) is 10.2 Å². The fraction of sp³-hybridized carbons (Fsp3) is 0.765. The summed E-state index contributed by atoms with van der Waals surface area (Å²) in [5.74, 6) is -0.714. The van der Waals surface area contributed by atoms with Crippen LogP contribution in [0.15, 0.2) is 12.7 Å². The molecule has 1 aliphatic heterocycles. The highest BCUT2D eigenvalue weighted by molar-refractivity contribution is 5.86. The van der Waals surface area contributed by atoms with Crippen LogP contribution in [0.3, 0.4) is 0 Å². The Morgan fingerprint density at radius 3 is 2.61 bits per heavy atom. The Balaban J connectivity index is 2.68. The lowest BCUT2D eigenvalue weighted by molar-refractivity contribution is -0.137. The smallest absolute Gasteiger partial charge is 0.224 e. The predicted octanol–water partition coefficient (Wildman–Crippen LogP) is 0.685. The van der Waals surface area contributed by atoms with Gasteiger partial charge < -0.3 is 20.4 Å². The Hall–Kier alpha value is -1.40. The third kappa shape index (κ3) is 5.62. The van der Waals surface area contributed by atoms with Crippen molar-refractivity contribution in [2.45, 2.75) is 51.6 Å². The third-order valence-corrected chi connectivity index (χ3v) is 4.48. The van der Waals surface area contributed by atoms with Gasteiger partial charge in [-0.05, 0) is 25.2 Å². The molecule has 0 aromatic heterocycles. The van der Waals surface area contributed by atoms with E-state index < -0.39 is 5.92 Å². The number of nitrogens with zero attached hydrogens (tertiary/aromatic N) is 1. The Labute approximate surface area is 138 Å². The number of likely N-dealkylation sites (tertiary alicyclic amines) is 1. The number of aliphatic hydroxyl groups is 2. The fourth-order valence-corrected chi connectivity index (χ4v) is 2.89. The number of nitrogens with one attached hydrogen (secondary N) is 1. The molecule has 3 N–H and O–H groups in total. The van der Waals surface area contributed by atoms with Gasteiger partial charge in [-0.1, -0.05) is 19.9 Å². The van der Waals surface area contributed by atoms with Crippen molar-refractivity contribution in [2.75, 3.05) is 19.8 Å². The molecule has 6 heteroatoms. The normalized spacial score (nSPS) is 20.4. The number of allylic oxidation sites excluding steroid dienone is 1. The third-order valence-electron chi connectivity index (χ3n) is 4.48. The highest BCUT2D eigenvalue weighted by Gasteiger charge is 2.31. The first-order valence-electron chi connectivity index (χ1n) is 8.37. The number of hydrogen-bond acceptors (Lipinski definition) is 4. The second kappa shape index (κ2) is 9.67. The molecule has 0 saturated carbocycles. The number of aliphatic hydroxyl groups excluding tert-OH is 2. The van der Waals surface area contributed by atoms with Crippen molar-refractivity contribution in [3.8, 4) is 0 Å². The first kappa shape index (κ1) is 19.6. The second-order valence-corrected chi connectivity index (χ2v) is 6.53. The summed E-state index contributed by atoms with van der Waals surface area (Å²) in [5, 5.41) is 21.5. The molecule has 0 aliphatic carbocycles. The van der Waals surface area contributed by atoms with Gasteiger partial charge in [0.05, 0.1) is 31.2 Å². The van der Waals surface area contributed by atoms with Crippen LogP contribution in [-0.4, -0.2) is 58.8 Å². The predicted molar refractivity (Wildman–Crippen MR) is 88.6 cm³/mol. The number of carbonyl (C=O) groups is 2. The topological polar surface area (TPSA) is 89.9 Å². The summed E-state index contributed by atoms with van der Waals surface area (Å²) in [4.78, 5) is 26.5. The van der Waals surface area contributed by atoms with Gasteiger partial charge >= 0.3 is 0 Å². The van der Waals surface area contributed by atoms with Crippen LogP contribution in [0.2, 0.25) is 0 Å². The van der Waals surface area contributed by atoms with Gasteiger partial charge in [0, 0.05) is 13.0 Å². The maximum Gasteiger partial charge on any atom is 0.224 e. The van der Waals surface area contributed by atoms with Gasteiger partial charge in [0.2, 0.25) is 11.8 Å². The van der Waals surface area contributed by atoms with E-state index in [-0.39, 0.29) is 49.5 Å².